The maximum Gasteiger partial charge on any atom is 0.426 e. The third kappa shape index (κ3) is 11.2. The number of benzene rings is 2. The average molecular weight is 620 g/mol. The van der Waals surface area contributed by atoms with Crippen molar-refractivity contribution in [3.05, 3.63) is 48.0 Å². The van der Waals surface area contributed by atoms with Gasteiger partial charge in [0, 0.05) is 50.8 Å². The summed E-state index contributed by atoms with van der Waals surface area (Å²) in [6.07, 6.45) is -0.457. The minimum Gasteiger partial charge on any atom is -0.489 e. The van der Waals surface area contributed by atoms with Gasteiger partial charge < -0.3 is 24.1 Å². The van der Waals surface area contributed by atoms with E-state index >= 15 is 0 Å². The summed E-state index contributed by atoms with van der Waals surface area (Å²) in [7, 11) is 3.13. The molecular formula is C31H45N3O8S. The van der Waals surface area contributed by atoms with Gasteiger partial charge in [0.15, 0.2) is 11.5 Å². The zero-order valence-corrected chi connectivity index (χ0v) is 27.4. The molecule has 238 valence electrons. The number of carbonyl (C=O) groups is 3. The molecule has 0 saturated carbocycles. The molecule has 2 aromatic rings. The molecule has 0 aromatic heterocycles. The lowest BCUT2D eigenvalue weighted by atomic mass is 10.0. The summed E-state index contributed by atoms with van der Waals surface area (Å²) < 4.78 is 25.4. The van der Waals surface area contributed by atoms with E-state index in [1.165, 1.54) is 23.5 Å². The number of hydrogen-bond donors (Lipinski definition) is 1. The van der Waals surface area contributed by atoms with E-state index in [1.54, 1.807) is 38.2 Å². The summed E-state index contributed by atoms with van der Waals surface area (Å²) in [4.78, 5) is 36.1. The summed E-state index contributed by atoms with van der Waals surface area (Å²) in [5.74, 6) is 1.38. The summed E-state index contributed by atoms with van der Waals surface area (Å²) in [6, 6.07) is 12.8. The Balaban J connectivity index is 0.000000362. The minimum absolute atomic E-state index is 0.0216. The first-order valence-corrected chi connectivity index (χ1v) is 15.0. The van der Waals surface area contributed by atoms with Gasteiger partial charge in [-0.15, -0.1) is 0 Å². The highest BCUT2D eigenvalue weighted by Crippen LogP contribution is 2.42. The Bertz CT molecular complexity index is 1240. The molecule has 0 unspecified atom stereocenters. The van der Waals surface area contributed by atoms with Crippen LogP contribution in [0.3, 0.4) is 0 Å². The Kier molecular flexibility index (Phi) is 13.5. The van der Waals surface area contributed by atoms with E-state index in [1.807, 2.05) is 64.0 Å². The molecule has 1 N–H and O–H groups in total. The Labute approximate surface area is 259 Å². The second-order valence-corrected chi connectivity index (χ2v) is 12.2. The lowest BCUT2D eigenvalue weighted by Crippen LogP contribution is -2.34. The monoisotopic (exact) mass is 619 g/mol. The molecule has 0 fully saturated rings. The van der Waals surface area contributed by atoms with Crippen molar-refractivity contribution in [1.29, 1.82) is 0 Å². The molecule has 1 heterocycles. The molecular weight excluding hydrogens is 574 g/mol. The van der Waals surface area contributed by atoms with Crippen LogP contribution in [0.4, 0.5) is 15.3 Å². The van der Waals surface area contributed by atoms with E-state index in [4.69, 9.17) is 24.1 Å². The van der Waals surface area contributed by atoms with Gasteiger partial charge in [-0.25, -0.2) is 18.2 Å². The molecule has 43 heavy (non-hydrogen) atoms. The number of fused-ring (bicyclic) bond motifs is 1. The van der Waals surface area contributed by atoms with E-state index in [-0.39, 0.29) is 30.1 Å². The summed E-state index contributed by atoms with van der Waals surface area (Å²) in [5, 5.41) is 8.86. The number of anilines is 1. The molecule has 3 rings (SSSR count). The van der Waals surface area contributed by atoms with Crippen molar-refractivity contribution in [2.24, 2.45) is 0 Å². The van der Waals surface area contributed by atoms with Crippen LogP contribution < -0.4 is 19.1 Å². The molecule has 11 nitrogen and oxygen atoms in total. The van der Waals surface area contributed by atoms with Crippen molar-refractivity contribution in [1.82, 2.24) is 8.61 Å². The van der Waals surface area contributed by atoms with E-state index in [0.717, 1.165) is 16.9 Å². The maximum absolute atomic E-state index is 12.6. The zero-order chi connectivity index (χ0) is 32.3. The molecule has 2 aromatic carbocycles. The Hall–Kier alpha value is -3.64. The first kappa shape index (κ1) is 35.6. The molecule has 0 spiro atoms. The van der Waals surface area contributed by atoms with Crippen molar-refractivity contribution in [2.75, 3.05) is 32.1 Å². The average Bonchev–Trinajstić information content (AvgIpc) is 3.25. The summed E-state index contributed by atoms with van der Waals surface area (Å²) >= 11 is 1.22. The van der Waals surface area contributed by atoms with E-state index in [9.17, 15) is 14.4 Å². The zero-order valence-electron chi connectivity index (χ0n) is 26.6. The number of ether oxygens (including phenoxy) is 4. The number of amides is 2. The molecule has 0 atom stereocenters. The first-order chi connectivity index (χ1) is 20.1. The number of para-hydroxylation sites is 3. The Morgan fingerprint density at radius 3 is 2.28 bits per heavy atom. The molecule has 0 aliphatic carbocycles. The molecule has 0 radical (unpaired) electrons. The molecule has 1 aliphatic rings. The van der Waals surface area contributed by atoms with Crippen LogP contribution in [-0.4, -0.2) is 76.9 Å². The Morgan fingerprint density at radius 2 is 1.67 bits per heavy atom. The highest BCUT2D eigenvalue weighted by molar-refractivity contribution is 7.95. The highest BCUT2D eigenvalue weighted by atomic mass is 32.2. The van der Waals surface area contributed by atoms with Crippen LogP contribution in [-0.2, 0) is 16.0 Å². The van der Waals surface area contributed by atoms with Gasteiger partial charge in [0.05, 0.1) is 24.8 Å². The normalized spacial score (nSPS) is 13.0. The van der Waals surface area contributed by atoms with Crippen LogP contribution in [0.1, 0.15) is 60.5 Å². The lowest BCUT2D eigenvalue weighted by molar-refractivity contribution is -0.143. The van der Waals surface area contributed by atoms with Gasteiger partial charge in [0.1, 0.15) is 11.4 Å². The second-order valence-electron chi connectivity index (χ2n) is 11.0. The third-order valence-electron chi connectivity index (χ3n) is 6.03. The van der Waals surface area contributed by atoms with E-state index < -0.39 is 12.2 Å². The second kappa shape index (κ2) is 16.3. The van der Waals surface area contributed by atoms with E-state index in [0.29, 0.717) is 36.1 Å². The number of carbonyl (C=O) groups excluding carboxylic acids is 2. The number of rotatable bonds is 11. The Morgan fingerprint density at radius 1 is 1.02 bits per heavy atom. The van der Waals surface area contributed by atoms with Crippen molar-refractivity contribution in [3.8, 4) is 17.2 Å². The van der Waals surface area contributed by atoms with Gasteiger partial charge in [0.25, 0.3) is 0 Å². The summed E-state index contributed by atoms with van der Waals surface area (Å²) in [6.45, 7) is 14.4. The van der Waals surface area contributed by atoms with E-state index in [2.05, 4.69) is 0 Å². The maximum atomic E-state index is 12.6. The predicted octanol–water partition coefficient (Wildman–Crippen LogP) is 6.65. The smallest absolute Gasteiger partial charge is 0.426 e. The van der Waals surface area contributed by atoms with Gasteiger partial charge >= 0.3 is 18.2 Å². The lowest BCUT2D eigenvalue weighted by Gasteiger charge is -2.28. The molecule has 0 bridgehead atoms. The number of hydrogen-bond acceptors (Lipinski definition) is 9. The topological polar surface area (TPSA) is 118 Å². The molecule has 12 heteroatoms. The molecule has 2 amide bonds. The molecule has 0 saturated heterocycles. The highest BCUT2D eigenvalue weighted by Gasteiger charge is 2.33. The number of carboxylic acid groups (broad SMARTS) is 1. The SMILES string of the molecule is CC(C)Oc1ccccc1N(C)C(=O)O.CCOC(=O)CCN(SN(C)C(=O)Oc1cccc2c1OC(C)(C)C2)C(C)C. The van der Waals surface area contributed by atoms with Crippen LogP contribution in [0.15, 0.2) is 42.5 Å². The van der Waals surface area contributed by atoms with Crippen molar-refractivity contribution >= 4 is 36.0 Å². The fraction of sp³-hybridized carbons (Fsp3) is 0.516. The van der Waals surface area contributed by atoms with Crippen molar-refractivity contribution < 1.29 is 38.4 Å². The van der Waals surface area contributed by atoms with Gasteiger partial charge in [-0.05, 0) is 66.7 Å². The van der Waals surface area contributed by atoms with Crippen LogP contribution in [0.5, 0.6) is 17.2 Å². The minimum atomic E-state index is -1.00. The fourth-order valence-corrected chi connectivity index (χ4v) is 4.82. The van der Waals surface area contributed by atoms with Crippen LogP contribution in [0.25, 0.3) is 0 Å². The quantitative estimate of drug-likeness (QED) is 0.216. The van der Waals surface area contributed by atoms with Crippen LogP contribution in [0, 0.1) is 0 Å². The standard InChI is InChI=1S/C20H30N2O5S.C11H15NO3/c1-7-25-17(23)11-12-22(14(2)3)28-21(6)19(24)26-16-10-8-9-15-13-20(4,5)27-18(15)16;1-8(2)15-10-7-5-4-6-9(10)12(3)11(13)14/h8-10,14H,7,11-13H2,1-6H3;4-8H,1-3H3,(H,13,14). The summed E-state index contributed by atoms with van der Waals surface area (Å²) in [5.41, 5.74) is 1.27. The van der Waals surface area contributed by atoms with Gasteiger partial charge in [0.2, 0.25) is 0 Å². The first-order valence-electron chi connectivity index (χ1n) is 14.2. The van der Waals surface area contributed by atoms with Gasteiger partial charge in [-0.2, -0.15) is 0 Å². The van der Waals surface area contributed by atoms with Crippen molar-refractivity contribution in [2.45, 2.75) is 79.1 Å². The van der Waals surface area contributed by atoms with Gasteiger partial charge in [-0.3, -0.25) is 9.69 Å². The number of esters is 1. The van der Waals surface area contributed by atoms with Crippen LogP contribution in [0.2, 0.25) is 0 Å². The number of nitrogens with zero attached hydrogens (tertiary/aromatic N) is 3. The molecule has 1 aliphatic heterocycles. The van der Waals surface area contributed by atoms with Crippen molar-refractivity contribution in [3.63, 3.8) is 0 Å². The van der Waals surface area contributed by atoms with Gasteiger partial charge in [-0.1, -0.05) is 24.3 Å². The third-order valence-corrected chi connectivity index (χ3v) is 7.24. The largest absolute Gasteiger partial charge is 0.489 e. The fourth-order valence-electron chi connectivity index (χ4n) is 4.04. The van der Waals surface area contributed by atoms with Crippen LogP contribution >= 0.6 is 12.1 Å². The predicted molar refractivity (Wildman–Crippen MR) is 168 cm³/mol.